The summed E-state index contributed by atoms with van der Waals surface area (Å²) in [5, 5.41) is 13.4. The molecule has 0 radical (unpaired) electrons. The Hall–Kier alpha value is -4.79. The lowest BCUT2D eigenvalue weighted by Crippen LogP contribution is -2.52. The van der Waals surface area contributed by atoms with E-state index in [1.54, 1.807) is 18.2 Å². The number of pyridine rings is 1. The molecule has 0 unspecified atom stereocenters. The maximum Gasteiger partial charge on any atom is 0.364 e. The van der Waals surface area contributed by atoms with Crippen LogP contribution in [0, 0.1) is 0 Å². The summed E-state index contributed by atoms with van der Waals surface area (Å²) in [6, 6.07) is 17.1. The molecule has 5 aromatic rings. The molecule has 2 saturated carbocycles. The van der Waals surface area contributed by atoms with Crippen LogP contribution in [0.4, 0.5) is 4.39 Å². The Morgan fingerprint density at radius 1 is 1.00 bits per heavy atom. The highest BCUT2D eigenvalue weighted by Gasteiger charge is 2.44. The minimum Gasteiger partial charge on any atom is -0.476 e. The number of imidazole rings is 1. The molecule has 0 aliphatic heterocycles. The molecule has 3 heterocycles. The molecule has 44 heavy (non-hydrogen) atoms. The van der Waals surface area contributed by atoms with Crippen LogP contribution >= 0.6 is 0 Å². The quantitative estimate of drug-likeness (QED) is 0.199. The van der Waals surface area contributed by atoms with E-state index in [1.807, 2.05) is 42.1 Å². The summed E-state index contributed by atoms with van der Waals surface area (Å²) < 4.78 is 17.9. The third-order valence-electron chi connectivity index (χ3n) is 9.56. The van der Waals surface area contributed by atoms with Gasteiger partial charge in [-0.15, -0.1) is 0 Å². The molecule has 2 aromatic carbocycles. The Bertz CT molecular complexity index is 1960. The molecule has 1 amide bonds. The Morgan fingerprint density at radius 2 is 1.80 bits per heavy atom. The van der Waals surface area contributed by atoms with Crippen LogP contribution in [-0.4, -0.2) is 36.1 Å². The smallest absolute Gasteiger partial charge is 0.364 e. The van der Waals surface area contributed by atoms with E-state index < -0.39 is 17.3 Å². The van der Waals surface area contributed by atoms with Crippen molar-refractivity contribution in [3.8, 4) is 11.4 Å². The molecule has 0 bridgehead atoms. The lowest BCUT2D eigenvalue weighted by molar-refractivity contribution is -0.134. The van der Waals surface area contributed by atoms with Gasteiger partial charge in [-0.25, -0.2) is 9.78 Å². The van der Waals surface area contributed by atoms with E-state index in [0.29, 0.717) is 22.6 Å². The number of carboxylic acids is 1. The van der Waals surface area contributed by atoms with Gasteiger partial charge in [0.25, 0.3) is 5.91 Å². The fourth-order valence-electron chi connectivity index (χ4n) is 7.20. The maximum atomic E-state index is 13.9. The van der Waals surface area contributed by atoms with Crippen molar-refractivity contribution in [1.29, 1.82) is 0 Å². The summed E-state index contributed by atoms with van der Waals surface area (Å²) in [4.78, 5) is 34.4. The number of aliphatic carboxylic acids is 1. The van der Waals surface area contributed by atoms with Crippen LogP contribution in [0.3, 0.4) is 0 Å². The van der Waals surface area contributed by atoms with Gasteiger partial charge in [0.2, 0.25) is 5.83 Å². The van der Waals surface area contributed by atoms with Crippen LogP contribution in [0.25, 0.3) is 39.4 Å². The molecule has 0 atom stereocenters. The third-order valence-corrected chi connectivity index (χ3v) is 9.56. The van der Waals surface area contributed by atoms with Gasteiger partial charge in [-0.1, -0.05) is 31.0 Å². The number of hydrogen-bond donors (Lipinski definition) is 2. The summed E-state index contributed by atoms with van der Waals surface area (Å²) in [6.07, 6.45) is 10.0. The van der Waals surface area contributed by atoms with Crippen LogP contribution in [0.1, 0.15) is 78.2 Å². The van der Waals surface area contributed by atoms with E-state index in [1.165, 1.54) is 23.8 Å². The average Bonchev–Trinajstić information content (AvgIpc) is 3.72. The Labute approximate surface area is 254 Å². The van der Waals surface area contributed by atoms with Gasteiger partial charge in [0, 0.05) is 36.8 Å². The Morgan fingerprint density at radius 3 is 2.48 bits per heavy atom. The van der Waals surface area contributed by atoms with E-state index in [2.05, 4.69) is 29.1 Å². The van der Waals surface area contributed by atoms with Gasteiger partial charge < -0.3 is 19.6 Å². The first kappa shape index (κ1) is 28.0. The predicted octanol–water partition coefficient (Wildman–Crippen LogP) is 6.99. The summed E-state index contributed by atoms with van der Waals surface area (Å²) in [7, 11) is 3.93. The average molecular weight is 592 g/mol. The van der Waals surface area contributed by atoms with E-state index in [-0.39, 0.29) is 5.91 Å². The summed E-state index contributed by atoms with van der Waals surface area (Å²) >= 11 is 0. The number of amides is 1. The van der Waals surface area contributed by atoms with Crippen LogP contribution in [-0.2, 0) is 24.4 Å². The highest BCUT2D eigenvalue weighted by atomic mass is 19.1. The van der Waals surface area contributed by atoms with E-state index in [0.717, 1.165) is 66.4 Å². The first-order valence-electron chi connectivity index (χ1n) is 15.2. The number of rotatable bonds is 7. The number of aryl methyl sites for hydroxylation is 2. The molecule has 8 nitrogen and oxygen atoms in total. The second kappa shape index (κ2) is 10.7. The molecule has 2 N–H and O–H groups in total. The number of benzene rings is 2. The minimum atomic E-state index is -1.61. The third kappa shape index (κ3) is 4.58. The molecule has 0 saturated heterocycles. The molecule has 7 rings (SSSR count). The van der Waals surface area contributed by atoms with E-state index in [4.69, 9.17) is 15.1 Å². The zero-order valence-corrected chi connectivity index (χ0v) is 24.8. The number of hydrogen-bond acceptors (Lipinski definition) is 4. The Kier molecular flexibility index (Phi) is 6.83. The summed E-state index contributed by atoms with van der Waals surface area (Å²) in [5.41, 5.74) is 6.22. The molecular formula is C35H34FN5O3. The molecule has 9 heteroatoms. The van der Waals surface area contributed by atoms with Gasteiger partial charge in [-0.3, -0.25) is 9.78 Å². The van der Waals surface area contributed by atoms with Crippen LogP contribution < -0.4 is 5.32 Å². The van der Waals surface area contributed by atoms with Crippen molar-refractivity contribution in [2.24, 2.45) is 14.1 Å². The van der Waals surface area contributed by atoms with Crippen molar-refractivity contribution in [2.75, 3.05) is 0 Å². The monoisotopic (exact) mass is 591 g/mol. The van der Waals surface area contributed by atoms with Crippen LogP contribution in [0.5, 0.6) is 0 Å². The Balaban J connectivity index is 1.24. The fourth-order valence-corrected chi connectivity index (χ4v) is 7.20. The molecule has 2 fully saturated rings. The van der Waals surface area contributed by atoms with Gasteiger partial charge in [0.05, 0.1) is 28.0 Å². The number of fused-ring (bicyclic) bond motifs is 2. The lowest BCUT2D eigenvalue weighted by Gasteiger charge is -2.41. The van der Waals surface area contributed by atoms with Crippen molar-refractivity contribution < 1.29 is 19.1 Å². The minimum absolute atomic E-state index is 0.159. The topological polar surface area (TPSA) is 102 Å². The standard InChI is InChI=1S/C35H34FN5O3/c1-40-28-20-23(12-13-24(28)30(22-8-3-4-9-22)31(40)27-10-5-6-17-37-27)32(42)39-35(15-7-16-35)34-38-26-14-11-21(18-25(36)33(43)44)19-29(26)41(34)2/h5-6,10-14,17-20,22H,3-4,7-9,15-16H2,1-2H3,(H,39,42)(H,43,44). The number of aromatic nitrogens is 4. The number of carbonyl (C=O) groups excluding carboxylic acids is 1. The first-order valence-corrected chi connectivity index (χ1v) is 15.2. The van der Waals surface area contributed by atoms with Crippen molar-refractivity contribution in [3.63, 3.8) is 0 Å². The number of carboxylic acid groups (broad SMARTS) is 1. The lowest BCUT2D eigenvalue weighted by atomic mass is 9.75. The predicted molar refractivity (Wildman–Crippen MR) is 168 cm³/mol. The number of halogens is 1. The van der Waals surface area contributed by atoms with Crippen molar-refractivity contribution in [2.45, 2.75) is 56.4 Å². The van der Waals surface area contributed by atoms with E-state index in [9.17, 15) is 14.0 Å². The van der Waals surface area contributed by atoms with Gasteiger partial charge in [0.1, 0.15) is 5.82 Å². The molecule has 224 valence electrons. The summed E-state index contributed by atoms with van der Waals surface area (Å²) in [6.45, 7) is 0. The van der Waals surface area contributed by atoms with Gasteiger partial charge in [0.15, 0.2) is 0 Å². The maximum absolute atomic E-state index is 13.9. The van der Waals surface area contributed by atoms with Crippen LogP contribution in [0.15, 0.2) is 66.6 Å². The summed E-state index contributed by atoms with van der Waals surface area (Å²) in [5.74, 6) is -1.79. The number of nitrogens with one attached hydrogen (secondary N) is 1. The first-order chi connectivity index (χ1) is 21.3. The molecule has 2 aliphatic rings. The zero-order chi connectivity index (χ0) is 30.6. The van der Waals surface area contributed by atoms with Gasteiger partial charge >= 0.3 is 5.97 Å². The molecule has 2 aliphatic carbocycles. The molecule has 0 spiro atoms. The second-order valence-corrected chi connectivity index (χ2v) is 12.2. The largest absolute Gasteiger partial charge is 0.476 e. The molecule has 3 aromatic heterocycles. The second-order valence-electron chi connectivity index (χ2n) is 12.2. The normalized spacial score (nSPS) is 16.8. The zero-order valence-electron chi connectivity index (χ0n) is 24.8. The highest BCUT2D eigenvalue weighted by Crippen LogP contribution is 2.45. The number of carbonyl (C=O) groups is 2. The van der Waals surface area contributed by atoms with Crippen LogP contribution in [0.2, 0.25) is 0 Å². The van der Waals surface area contributed by atoms with Crippen molar-refractivity contribution in [3.05, 3.63) is 89.1 Å². The van der Waals surface area contributed by atoms with E-state index >= 15 is 0 Å². The van der Waals surface area contributed by atoms with Crippen molar-refractivity contribution >= 4 is 39.9 Å². The molecular weight excluding hydrogens is 557 g/mol. The number of nitrogens with zero attached hydrogens (tertiary/aromatic N) is 4. The van der Waals surface area contributed by atoms with Crippen molar-refractivity contribution in [1.82, 2.24) is 24.4 Å². The van der Waals surface area contributed by atoms with Gasteiger partial charge in [-0.05, 0) is 91.6 Å². The highest BCUT2D eigenvalue weighted by molar-refractivity contribution is 6.01. The SMILES string of the molecule is Cn1c(C2(NC(=O)c3ccc4c(C5CCCC5)c(-c5ccccn5)n(C)c4c3)CCC2)nc2ccc(C=C(F)C(=O)O)cc21. The van der Waals surface area contributed by atoms with Gasteiger partial charge in [-0.2, -0.15) is 4.39 Å². The fraction of sp³-hybridized carbons (Fsp3) is 0.314.